The Bertz CT molecular complexity index is 551. The van der Waals surface area contributed by atoms with Gasteiger partial charge in [0.2, 0.25) is 0 Å². The van der Waals surface area contributed by atoms with Crippen LogP contribution in [0.25, 0.3) is 0 Å². The quantitative estimate of drug-likeness (QED) is 0.658. The van der Waals surface area contributed by atoms with E-state index in [1.807, 2.05) is 0 Å². The molecule has 0 fully saturated rings. The van der Waals surface area contributed by atoms with Crippen molar-refractivity contribution in [3.05, 3.63) is 70.3 Å². The van der Waals surface area contributed by atoms with Gasteiger partial charge in [-0.05, 0) is 56.2 Å². The number of benzene rings is 2. The van der Waals surface area contributed by atoms with Gasteiger partial charge in [-0.15, -0.1) is 11.6 Å². The molecule has 0 aliphatic carbocycles. The molecular weight excluding hydrogens is 264 g/mol. The van der Waals surface area contributed by atoms with E-state index in [-0.39, 0.29) is 0 Å². The number of hydrogen-bond acceptors (Lipinski definition) is 0. The fraction of sp³-hybridized carbons (Fsp3) is 0.368. The van der Waals surface area contributed by atoms with Crippen LogP contribution in [-0.2, 0) is 12.8 Å². The molecule has 1 unspecified atom stereocenters. The number of hydrogen-bond donors (Lipinski definition) is 0. The van der Waals surface area contributed by atoms with Crippen LogP contribution in [0.4, 0.5) is 0 Å². The molecule has 2 aromatic carbocycles. The van der Waals surface area contributed by atoms with Crippen molar-refractivity contribution in [2.24, 2.45) is 5.92 Å². The largest absolute Gasteiger partial charge is 0.126 e. The van der Waals surface area contributed by atoms with Crippen LogP contribution < -0.4 is 0 Å². The lowest BCUT2D eigenvalue weighted by Crippen LogP contribution is -2.11. The Labute approximate surface area is 127 Å². The number of aryl methyl sites for hydroxylation is 3. The molecule has 0 radical (unpaired) electrons. The molecule has 20 heavy (non-hydrogen) atoms. The highest BCUT2D eigenvalue weighted by atomic mass is 35.5. The second-order valence-corrected chi connectivity index (χ2v) is 6.16. The summed E-state index contributed by atoms with van der Waals surface area (Å²) in [6.07, 6.45) is 2.11. The van der Waals surface area contributed by atoms with E-state index in [1.54, 1.807) is 0 Å². The molecule has 0 saturated heterocycles. The van der Waals surface area contributed by atoms with Crippen LogP contribution in [0.1, 0.15) is 27.8 Å². The Morgan fingerprint density at radius 2 is 1.55 bits per heavy atom. The highest BCUT2D eigenvalue weighted by Crippen LogP contribution is 2.20. The standard InChI is InChI=1S/C19H23Cl/c1-14-8-15(2)10-17(9-14)11-18(13-20)12-19-7-5-4-6-16(19)3/h4-10,18H,11-13H2,1-3H3. The van der Waals surface area contributed by atoms with Crippen LogP contribution in [0.3, 0.4) is 0 Å². The average molecular weight is 287 g/mol. The van der Waals surface area contributed by atoms with Gasteiger partial charge < -0.3 is 0 Å². The topological polar surface area (TPSA) is 0 Å². The van der Waals surface area contributed by atoms with Gasteiger partial charge in [0.05, 0.1) is 0 Å². The molecule has 2 rings (SSSR count). The molecule has 0 amide bonds. The Kier molecular flexibility index (Phi) is 5.25. The summed E-state index contributed by atoms with van der Waals surface area (Å²) in [6.45, 7) is 6.50. The maximum absolute atomic E-state index is 6.20. The summed E-state index contributed by atoms with van der Waals surface area (Å²) in [5, 5.41) is 0. The van der Waals surface area contributed by atoms with Crippen LogP contribution in [0.2, 0.25) is 0 Å². The van der Waals surface area contributed by atoms with Crippen molar-refractivity contribution in [2.45, 2.75) is 33.6 Å². The zero-order valence-corrected chi connectivity index (χ0v) is 13.4. The monoisotopic (exact) mass is 286 g/mol. The summed E-state index contributed by atoms with van der Waals surface area (Å²) in [4.78, 5) is 0. The van der Waals surface area contributed by atoms with Crippen molar-refractivity contribution in [1.82, 2.24) is 0 Å². The summed E-state index contributed by atoms with van der Waals surface area (Å²) < 4.78 is 0. The van der Waals surface area contributed by atoms with E-state index in [0.29, 0.717) is 11.8 Å². The maximum atomic E-state index is 6.20. The Balaban J connectivity index is 2.11. The van der Waals surface area contributed by atoms with Gasteiger partial charge in [0.1, 0.15) is 0 Å². The molecule has 1 atom stereocenters. The minimum atomic E-state index is 0.499. The molecule has 0 aliphatic rings. The van der Waals surface area contributed by atoms with Gasteiger partial charge >= 0.3 is 0 Å². The first kappa shape index (κ1) is 15.1. The zero-order chi connectivity index (χ0) is 14.5. The highest BCUT2D eigenvalue weighted by molar-refractivity contribution is 6.18. The molecule has 0 aliphatic heterocycles. The first-order chi connectivity index (χ1) is 9.58. The molecular formula is C19H23Cl. The first-order valence-corrected chi connectivity index (χ1v) is 7.79. The van der Waals surface area contributed by atoms with Gasteiger partial charge in [-0.1, -0.05) is 53.6 Å². The lowest BCUT2D eigenvalue weighted by Gasteiger charge is -2.16. The lowest BCUT2D eigenvalue weighted by molar-refractivity contribution is 0.582. The molecule has 0 N–H and O–H groups in total. The van der Waals surface area contributed by atoms with E-state index in [1.165, 1.54) is 27.8 Å². The number of halogens is 1. The van der Waals surface area contributed by atoms with Crippen LogP contribution in [0.5, 0.6) is 0 Å². The van der Waals surface area contributed by atoms with Crippen LogP contribution in [0, 0.1) is 26.7 Å². The van der Waals surface area contributed by atoms with Gasteiger partial charge in [0.25, 0.3) is 0 Å². The van der Waals surface area contributed by atoms with Crippen molar-refractivity contribution in [3.8, 4) is 0 Å². The average Bonchev–Trinajstić information content (AvgIpc) is 2.39. The van der Waals surface area contributed by atoms with E-state index >= 15 is 0 Å². The summed E-state index contributed by atoms with van der Waals surface area (Å²) in [5.74, 6) is 1.21. The SMILES string of the molecule is Cc1cc(C)cc(CC(CCl)Cc2ccccc2C)c1. The Hall–Kier alpha value is -1.27. The summed E-state index contributed by atoms with van der Waals surface area (Å²) in [5.41, 5.74) is 6.86. The predicted molar refractivity (Wildman–Crippen MR) is 88.7 cm³/mol. The minimum absolute atomic E-state index is 0.499. The summed E-state index contributed by atoms with van der Waals surface area (Å²) >= 11 is 6.20. The van der Waals surface area contributed by atoms with Crippen molar-refractivity contribution in [1.29, 1.82) is 0 Å². The summed E-state index contributed by atoms with van der Waals surface area (Å²) in [7, 11) is 0. The van der Waals surface area contributed by atoms with E-state index in [0.717, 1.165) is 12.8 Å². The van der Waals surface area contributed by atoms with Gasteiger partial charge in [-0.25, -0.2) is 0 Å². The van der Waals surface area contributed by atoms with Crippen LogP contribution in [-0.4, -0.2) is 5.88 Å². The maximum Gasteiger partial charge on any atom is 0.0258 e. The van der Waals surface area contributed by atoms with E-state index in [4.69, 9.17) is 11.6 Å². The normalized spacial score (nSPS) is 12.4. The molecule has 0 heterocycles. The highest BCUT2D eigenvalue weighted by Gasteiger charge is 2.11. The molecule has 0 saturated carbocycles. The molecule has 2 aromatic rings. The Morgan fingerprint density at radius 3 is 2.15 bits per heavy atom. The fourth-order valence-electron chi connectivity index (χ4n) is 2.85. The van der Waals surface area contributed by atoms with Gasteiger partial charge in [0.15, 0.2) is 0 Å². The Morgan fingerprint density at radius 1 is 0.900 bits per heavy atom. The van der Waals surface area contributed by atoms with Gasteiger partial charge in [-0.3, -0.25) is 0 Å². The third-order valence-corrected chi connectivity index (χ3v) is 4.23. The molecule has 0 nitrogen and oxygen atoms in total. The summed E-state index contributed by atoms with van der Waals surface area (Å²) in [6, 6.07) is 15.4. The second kappa shape index (κ2) is 6.95. The number of rotatable bonds is 5. The van der Waals surface area contributed by atoms with Crippen LogP contribution in [0.15, 0.2) is 42.5 Å². The zero-order valence-electron chi connectivity index (χ0n) is 12.6. The number of alkyl halides is 1. The van der Waals surface area contributed by atoms with Crippen molar-refractivity contribution >= 4 is 11.6 Å². The van der Waals surface area contributed by atoms with Gasteiger partial charge in [0, 0.05) is 5.88 Å². The van der Waals surface area contributed by atoms with E-state index in [2.05, 4.69) is 63.2 Å². The first-order valence-electron chi connectivity index (χ1n) is 7.26. The smallest absolute Gasteiger partial charge is 0.0258 e. The molecule has 0 spiro atoms. The third-order valence-electron chi connectivity index (χ3n) is 3.79. The van der Waals surface area contributed by atoms with E-state index in [9.17, 15) is 0 Å². The second-order valence-electron chi connectivity index (χ2n) is 5.85. The molecule has 1 heteroatoms. The molecule has 106 valence electrons. The van der Waals surface area contributed by atoms with E-state index < -0.39 is 0 Å². The van der Waals surface area contributed by atoms with Gasteiger partial charge in [-0.2, -0.15) is 0 Å². The van der Waals surface area contributed by atoms with Crippen molar-refractivity contribution < 1.29 is 0 Å². The predicted octanol–water partition coefficient (Wildman–Crippen LogP) is 5.25. The molecule has 0 aromatic heterocycles. The third kappa shape index (κ3) is 4.11. The lowest BCUT2D eigenvalue weighted by atomic mass is 9.91. The fourth-order valence-corrected chi connectivity index (χ4v) is 3.07. The van der Waals surface area contributed by atoms with Crippen molar-refractivity contribution in [2.75, 3.05) is 5.88 Å². The molecule has 0 bridgehead atoms. The minimum Gasteiger partial charge on any atom is -0.126 e. The van der Waals surface area contributed by atoms with Crippen molar-refractivity contribution in [3.63, 3.8) is 0 Å². The van der Waals surface area contributed by atoms with Crippen LogP contribution >= 0.6 is 11.6 Å².